The number of benzene rings is 1. The van der Waals surface area contributed by atoms with Crippen molar-refractivity contribution >= 4 is 6.01 Å². The zero-order valence-corrected chi connectivity index (χ0v) is 11.8. The summed E-state index contributed by atoms with van der Waals surface area (Å²) in [5.74, 6) is 1.51. The van der Waals surface area contributed by atoms with Crippen molar-refractivity contribution in [3.8, 4) is 17.1 Å². The second-order valence-electron chi connectivity index (χ2n) is 5.06. The van der Waals surface area contributed by atoms with Crippen molar-refractivity contribution in [1.29, 1.82) is 0 Å². The topological polar surface area (TPSA) is 73.1 Å². The van der Waals surface area contributed by atoms with E-state index in [9.17, 15) is 0 Å². The minimum absolute atomic E-state index is 0.399. The van der Waals surface area contributed by atoms with Crippen LogP contribution < -0.4 is 10.1 Å². The van der Waals surface area contributed by atoms with E-state index in [-0.39, 0.29) is 0 Å². The van der Waals surface area contributed by atoms with Crippen molar-refractivity contribution in [3.05, 3.63) is 53.9 Å². The highest BCUT2D eigenvalue weighted by atomic mass is 16.5. The van der Waals surface area contributed by atoms with Crippen LogP contribution in [0, 0.1) is 0 Å². The van der Waals surface area contributed by atoms with Crippen LogP contribution in [0.15, 0.2) is 47.2 Å². The third kappa shape index (κ3) is 2.50. The van der Waals surface area contributed by atoms with Gasteiger partial charge in [-0.2, -0.15) is 4.98 Å². The van der Waals surface area contributed by atoms with Crippen LogP contribution in [0.4, 0.5) is 6.01 Å². The number of rotatable bonds is 4. The number of hydrogen-bond acceptors (Lipinski definition) is 6. The van der Waals surface area contributed by atoms with Gasteiger partial charge in [0.05, 0.1) is 6.61 Å². The predicted octanol–water partition coefficient (Wildman–Crippen LogP) is 2.68. The van der Waals surface area contributed by atoms with E-state index in [4.69, 9.17) is 9.26 Å². The lowest BCUT2D eigenvalue weighted by Gasteiger charge is -2.04. The molecular formula is C16H14N4O2. The molecule has 22 heavy (non-hydrogen) atoms. The minimum atomic E-state index is 0.399. The number of nitrogens with one attached hydrogen (secondary N) is 1. The zero-order chi connectivity index (χ0) is 14.8. The van der Waals surface area contributed by atoms with Crippen molar-refractivity contribution in [3.63, 3.8) is 0 Å². The highest BCUT2D eigenvalue weighted by molar-refractivity contribution is 5.53. The van der Waals surface area contributed by atoms with Gasteiger partial charge in [0, 0.05) is 30.9 Å². The summed E-state index contributed by atoms with van der Waals surface area (Å²) in [4.78, 5) is 8.36. The summed E-state index contributed by atoms with van der Waals surface area (Å²) in [6.45, 7) is 1.40. The van der Waals surface area contributed by atoms with Gasteiger partial charge in [-0.15, -0.1) is 0 Å². The smallest absolute Gasteiger partial charge is 0.322 e. The molecule has 1 aliphatic heterocycles. The Morgan fingerprint density at radius 3 is 3.14 bits per heavy atom. The normalized spacial score (nSPS) is 12.7. The molecule has 1 aliphatic rings. The first-order valence-corrected chi connectivity index (χ1v) is 7.11. The van der Waals surface area contributed by atoms with Crippen LogP contribution in [0.3, 0.4) is 0 Å². The number of pyridine rings is 1. The Morgan fingerprint density at radius 1 is 1.23 bits per heavy atom. The summed E-state index contributed by atoms with van der Waals surface area (Å²) in [7, 11) is 0. The van der Waals surface area contributed by atoms with Gasteiger partial charge in [-0.3, -0.25) is 4.98 Å². The molecule has 0 aliphatic carbocycles. The van der Waals surface area contributed by atoms with Crippen molar-refractivity contribution in [1.82, 2.24) is 15.1 Å². The lowest BCUT2D eigenvalue weighted by Crippen LogP contribution is -2.00. The van der Waals surface area contributed by atoms with Gasteiger partial charge in [0.25, 0.3) is 0 Å². The van der Waals surface area contributed by atoms with E-state index in [1.54, 1.807) is 12.4 Å². The lowest BCUT2D eigenvalue weighted by atomic mass is 10.1. The average Bonchev–Trinajstić information content (AvgIpc) is 3.22. The fraction of sp³-hybridized carbons (Fsp3) is 0.188. The van der Waals surface area contributed by atoms with Gasteiger partial charge in [-0.05, 0) is 29.3 Å². The number of aromatic nitrogens is 3. The fourth-order valence-electron chi connectivity index (χ4n) is 2.44. The molecule has 6 heteroatoms. The van der Waals surface area contributed by atoms with Gasteiger partial charge < -0.3 is 14.6 Å². The van der Waals surface area contributed by atoms with E-state index in [2.05, 4.69) is 26.5 Å². The van der Waals surface area contributed by atoms with Gasteiger partial charge in [0.1, 0.15) is 5.75 Å². The summed E-state index contributed by atoms with van der Waals surface area (Å²) in [6.07, 6.45) is 4.38. The van der Waals surface area contributed by atoms with Crippen LogP contribution in [0.5, 0.6) is 5.75 Å². The van der Waals surface area contributed by atoms with Gasteiger partial charge in [0.15, 0.2) is 0 Å². The summed E-state index contributed by atoms with van der Waals surface area (Å²) in [6, 6.07) is 10.3. The van der Waals surface area contributed by atoms with E-state index in [1.807, 2.05) is 24.3 Å². The molecule has 2 aromatic heterocycles. The molecule has 0 saturated heterocycles. The number of nitrogens with zero attached hydrogens (tertiary/aromatic N) is 3. The molecule has 0 unspecified atom stereocenters. The van der Waals surface area contributed by atoms with E-state index in [1.165, 1.54) is 5.56 Å². The third-order valence-corrected chi connectivity index (χ3v) is 3.54. The average molecular weight is 294 g/mol. The highest BCUT2D eigenvalue weighted by Crippen LogP contribution is 2.26. The largest absolute Gasteiger partial charge is 0.493 e. The van der Waals surface area contributed by atoms with Crippen molar-refractivity contribution in [2.45, 2.75) is 13.0 Å². The number of hydrogen-bond donors (Lipinski definition) is 1. The summed E-state index contributed by atoms with van der Waals surface area (Å²) in [5.41, 5.74) is 3.24. The summed E-state index contributed by atoms with van der Waals surface area (Å²) >= 11 is 0. The highest BCUT2D eigenvalue weighted by Gasteiger charge is 2.12. The standard InChI is InChI=1S/C16H14N4O2/c1-2-13(10-17-6-1)15-19-16(22-20-15)18-9-11-3-4-14-12(8-11)5-7-21-14/h1-4,6,8,10H,5,7,9H2,(H,18,19,20). The molecule has 0 atom stereocenters. The maximum atomic E-state index is 5.50. The summed E-state index contributed by atoms with van der Waals surface area (Å²) < 4.78 is 10.7. The van der Waals surface area contributed by atoms with Crippen LogP contribution in [-0.2, 0) is 13.0 Å². The van der Waals surface area contributed by atoms with E-state index < -0.39 is 0 Å². The van der Waals surface area contributed by atoms with E-state index in [0.717, 1.165) is 29.9 Å². The quantitative estimate of drug-likeness (QED) is 0.797. The molecule has 3 aromatic rings. The first-order valence-electron chi connectivity index (χ1n) is 7.11. The third-order valence-electron chi connectivity index (χ3n) is 3.54. The van der Waals surface area contributed by atoms with E-state index in [0.29, 0.717) is 18.4 Å². The molecule has 6 nitrogen and oxygen atoms in total. The Labute approximate surface area is 127 Å². The SMILES string of the molecule is c1cncc(-c2noc(NCc3ccc4c(c3)CCO4)n2)c1. The van der Waals surface area contributed by atoms with Crippen LogP contribution in [0.25, 0.3) is 11.4 Å². The second-order valence-corrected chi connectivity index (χ2v) is 5.06. The number of anilines is 1. The van der Waals surface area contributed by atoms with Crippen LogP contribution in [0.1, 0.15) is 11.1 Å². The van der Waals surface area contributed by atoms with Gasteiger partial charge in [-0.25, -0.2) is 0 Å². The monoisotopic (exact) mass is 294 g/mol. The molecule has 0 radical (unpaired) electrons. The molecule has 0 bridgehead atoms. The maximum Gasteiger partial charge on any atom is 0.322 e. The zero-order valence-electron chi connectivity index (χ0n) is 11.8. The van der Waals surface area contributed by atoms with Gasteiger partial charge in [-0.1, -0.05) is 17.3 Å². The fourth-order valence-corrected chi connectivity index (χ4v) is 2.44. The van der Waals surface area contributed by atoms with Crippen LogP contribution in [0.2, 0.25) is 0 Å². The maximum absolute atomic E-state index is 5.50. The molecular weight excluding hydrogens is 280 g/mol. The van der Waals surface area contributed by atoms with E-state index >= 15 is 0 Å². The molecule has 0 saturated carbocycles. The molecule has 1 N–H and O–H groups in total. The number of fused-ring (bicyclic) bond motifs is 1. The molecule has 0 spiro atoms. The molecule has 110 valence electrons. The first-order chi connectivity index (χ1) is 10.9. The molecule has 0 fully saturated rings. The van der Waals surface area contributed by atoms with Crippen molar-refractivity contribution in [2.24, 2.45) is 0 Å². The van der Waals surface area contributed by atoms with Crippen LogP contribution >= 0.6 is 0 Å². The van der Waals surface area contributed by atoms with Gasteiger partial charge in [0.2, 0.25) is 5.82 Å². The predicted molar refractivity (Wildman–Crippen MR) is 80.5 cm³/mol. The Bertz CT molecular complexity index is 786. The Balaban J connectivity index is 1.45. The Kier molecular flexibility index (Phi) is 3.19. The van der Waals surface area contributed by atoms with Crippen LogP contribution in [-0.4, -0.2) is 21.7 Å². The lowest BCUT2D eigenvalue weighted by molar-refractivity contribution is 0.357. The first kappa shape index (κ1) is 12.8. The Morgan fingerprint density at radius 2 is 2.23 bits per heavy atom. The van der Waals surface area contributed by atoms with Crippen molar-refractivity contribution < 1.29 is 9.26 Å². The molecule has 1 aromatic carbocycles. The molecule has 3 heterocycles. The number of ether oxygens (including phenoxy) is 1. The summed E-state index contributed by atoms with van der Waals surface area (Å²) in [5, 5.41) is 7.09. The van der Waals surface area contributed by atoms with Crippen molar-refractivity contribution in [2.75, 3.05) is 11.9 Å². The van der Waals surface area contributed by atoms with Gasteiger partial charge >= 0.3 is 6.01 Å². The second kappa shape index (κ2) is 5.48. The molecule has 0 amide bonds. The minimum Gasteiger partial charge on any atom is -0.493 e. The Hall–Kier alpha value is -2.89. The molecule has 4 rings (SSSR count).